The van der Waals surface area contributed by atoms with Crippen molar-refractivity contribution in [1.29, 1.82) is 0 Å². The van der Waals surface area contributed by atoms with Crippen LogP contribution in [-0.2, 0) is 0 Å². The zero-order valence-electron chi connectivity index (χ0n) is 12.2. The van der Waals surface area contributed by atoms with Crippen LogP contribution >= 0.6 is 11.6 Å². The van der Waals surface area contributed by atoms with E-state index in [4.69, 9.17) is 11.6 Å². The molecule has 1 aromatic carbocycles. The molecule has 3 aromatic rings. The third-order valence-electron chi connectivity index (χ3n) is 3.13. The summed E-state index contributed by atoms with van der Waals surface area (Å²) in [4.78, 5) is 12.5. The van der Waals surface area contributed by atoms with Gasteiger partial charge in [0, 0.05) is 22.3 Å². The highest BCUT2D eigenvalue weighted by molar-refractivity contribution is 6.30. The number of aryl methyl sites for hydroxylation is 1. The number of nitrogens with zero attached hydrogens (tertiary/aromatic N) is 2. The Hall–Kier alpha value is -2.07. The quantitative estimate of drug-likeness (QED) is 0.753. The fourth-order valence-electron chi connectivity index (χ4n) is 2.28. The average Bonchev–Trinajstić information content (AvgIpc) is 2.78. The van der Waals surface area contributed by atoms with Crippen LogP contribution in [-0.4, -0.2) is 21.0 Å². The minimum atomic E-state index is 0.297. The predicted octanol–water partition coefficient (Wildman–Crippen LogP) is 4.41. The standard InChI is InChI=1S/C16H17ClN4/c1-9(2)18-15-13-7-10(3)19-16(13)21-14(20-15)11-5-4-6-12(17)8-11/h4-9H,1-3H3,(H2,18,19,20,21). The van der Waals surface area contributed by atoms with Gasteiger partial charge in [-0.2, -0.15) is 0 Å². The van der Waals surface area contributed by atoms with Gasteiger partial charge in [0.25, 0.3) is 0 Å². The summed E-state index contributed by atoms with van der Waals surface area (Å²) in [6.45, 7) is 6.19. The molecule has 4 nitrogen and oxygen atoms in total. The molecule has 0 saturated heterocycles. The van der Waals surface area contributed by atoms with Gasteiger partial charge in [-0.05, 0) is 39.0 Å². The molecule has 2 N–H and O–H groups in total. The van der Waals surface area contributed by atoms with Crippen molar-refractivity contribution in [3.63, 3.8) is 0 Å². The van der Waals surface area contributed by atoms with Gasteiger partial charge in [0.05, 0.1) is 5.39 Å². The predicted molar refractivity (Wildman–Crippen MR) is 87.8 cm³/mol. The Bertz CT molecular complexity index is 792. The lowest BCUT2D eigenvalue weighted by Gasteiger charge is -2.11. The molecular weight excluding hydrogens is 284 g/mol. The Morgan fingerprint density at radius 1 is 1.19 bits per heavy atom. The number of rotatable bonds is 3. The van der Waals surface area contributed by atoms with Crippen LogP contribution < -0.4 is 5.32 Å². The zero-order valence-corrected chi connectivity index (χ0v) is 13.0. The van der Waals surface area contributed by atoms with Crippen molar-refractivity contribution in [3.8, 4) is 11.4 Å². The maximum atomic E-state index is 6.06. The lowest BCUT2D eigenvalue weighted by atomic mass is 10.2. The molecule has 108 valence electrons. The van der Waals surface area contributed by atoms with Gasteiger partial charge in [0.15, 0.2) is 5.82 Å². The smallest absolute Gasteiger partial charge is 0.163 e. The van der Waals surface area contributed by atoms with E-state index in [1.165, 1.54) is 0 Å². The SMILES string of the molecule is Cc1cc2c(NC(C)C)nc(-c3cccc(Cl)c3)nc2[nH]1. The molecule has 0 aliphatic carbocycles. The number of halogens is 1. The van der Waals surface area contributed by atoms with E-state index >= 15 is 0 Å². The lowest BCUT2D eigenvalue weighted by Crippen LogP contribution is -2.12. The fraction of sp³-hybridized carbons (Fsp3) is 0.250. The molecule has 0 aliphatic heterocycles. The van der Waals surface area contributed by atoms with Crippen molar-refractivity contribution in [2.24, 2.45) is 0 Å². The van der Waals surface area contributed by atoms with Crippen molar-refractivity contribution in [2.45, 2.75) is 26.8 Å². The molecule has 0 atom stereocenters. The molecule has 21 heavy (non-hydrogen) atoms. The first-order valence-corrected chi connectivity index (χ1v) is 7.30. The van der Waals surface area contributed by atoms with Crippen molar-refractivity contribution in [3.05, 3.63) is 41.0 Å². The maximum Gasteiger partial charge on any atom is 0.163 e. The van der Waals surface area contributed by atoms with Crippen LogP contribution in [0.25, 0.3) is 22.4 Å². The van der Waals surface area contributed by atoms with E-state index in [-0.39, 0.29) is 0 Å². The second-order valence-corrected chi connectivity index (χ2v) is 5.86. The highest BCUT2D eigenvalue weighted by Crippen LogP contribution is 2.27. The maximum absolute atomic E-state index is 6.06. The number of H-pyrrole nitrogens is 1. The molecule has 0 bridgehead atoms. The summed E-state index contributed by atoms with van der Waals surface area (Å²) >= 11 is 6.06. The number of aromatic nitrogens is 3. The van der Waals surface area contributed by atoms with E-state index < -0.39 is 0 Å². The topological polar surface area (TPSA) is 53.6 Å². The Labute approximate surface area is 128 Å². The summed E-state index contributed by atoms with van der Waals surface area (Å²) in [5.74, 6) is 1.50. The Balaban J connectivity index is 2.19. The van der Waals surface area contributed by atoms with E-state index in [0.29, 0.717) is 16.9 Å². The van der Waals surface area contributed by atoms with E-state index in [0.717, 1.165) is 28.1 Å². The van der Waals surface area contributed by atoms with Gasteiger partial charge in [-0.15, -0.1) is 0 Å². The molecule has 0 unspecified atom stereocenters. The van der Waals surface area contributed by atoms with Crippen molar-refractivity contribution in [1.82, 2.24) is 15.0 Å². The van der Waals surface area contributed by atoms with Crippen molar-refractivity contribution in [2.75, 3.05) is 5.32 Å². The highest BCUT2D eigenvalue weighted by atomic mass is 35.5. The summed E-state index contributed by atoms with van der Waals surface area (Å²) in [5.41, 5.74) is 2.80. The van der Waals surface area contributed by atoms with Crippen molar-refractivity contribution >= 4 is 28.5 Å². The van der Waals surface area contributed by atoms with Gasteiger partial charge in [0.2, 0.25) is 0 Å². The van der Waals surface area contributed by atoms with Crippen LogP contribution in [0, 0.1) is 6.92 Å². The molecule has 5 heteroatoms. The Kier molecular flexibility index (Phi) is 3.55. The minimum absolute atomic E-state index is 0.297. The number of nitrogens with one attached hydrogen (secondary N) is 2. The highest BCUT2D eigenvalue weighted by Gasteiger charge is 2.12. The zero-order chi connectivity index (χ0) is 15.0. The van der Waals surface area contributed by atoms with E-state index in [1.807, 2.05) is 31.2 Å². The first-order chi connectivity index (χ1) is 10.0. The molecule has 0 amide bonds. The number of aromatic amines is 1. The Morgan fingerprint density at radius 3 is 2.71 bits per heavy atom. The summed E-state index contributed by atoms with van der Waals surface area (Å²) in [7, 11) is 0. The van der Waals surface area contributed by atoms with E-state index in [9.17, 15) is 0 Å². The molecule has 3 rings (SSSR count). The van der Waals surface area contributed by atoms with Crippen LogP contribution in [0.5, 0.6) is 0 Å². The molecule has 0 spiro atoms. The van der Waals surface area contributed by atoms with Gasteiger partial charge >= 0.3 is 0 Å². The van der Waals surface area contributed by atoms with E-state index in [2.05, 4.69) is 40.2 Å². The van der Waals surface area contributed by atoms with Gasteiger partial charge in [-0.1, -0.05) is 23.7 Å². The van der Waals surface area contributed by atoms with Gasteiger partial charge in [-0.3, -0.25) is 0 Å². The number of fused-ring (bicyclic) bond motifs is 1. The molecule has 2 aromatic heterocycles. The first-order valence-electron chi connectivity index (χ1n) is 6.93. The number of hydrogen-bond acceptors (Lipinski definition) is 3. The van der Waals surface area contributed by atoms with Gasteiger partial charge in [0.1, 0.15) is 11.5 Å². The minimum Gasteiger partial charge on any atom is -0.367 e. The monoisotopic (exact) mass is 300 g/mol. The molecule has 0 aliphatic rings. The summed E-state index contributed by atoms with van der Waals surface area (Å²) in [6.07, 6.45) is 0. The van der Waals surface area contributed by atoms with Crippen LogP contribution in [0.15, 0.2) is 30.3 Å². The second-order valence-electron chi connectivity index (χ2n) is 5.42. The summed E-state index contributed by atoms with van der Waals surface area (Å²) < 4.78 is 0. The molecule has 0 fully saturated rings. The van der Waals surface area contributed by atoms with Crippen LogP contribution in [0.1, 0.15) is 19.5 Å². The van der Waals surface area contributed by atoms with Crippen LogP contribution in [0.2, 0.25) is 5.02 Å². The summed E-state index contributed by atoms with van der Waals surface area (Å²) in [6, 6.07) is 9.93. The Morgan fingerprint density at radius 2 is 2.00 bits per heavy atom. The van der Waals surface area contributed by atoms with E-state index in [1.54, 1.807) is 0 Å². The fourth-order valence-corrected chi connectivity index (χ4v) is 2.47. The number of benzene rings is 1. The van der Waals surface area contributed by atoms with Crippen LogP contribution in [0.3, 0.4) is 0 Å². The van der Waals surface area contributed by atoms with Crippen molar-refractivity contribution < 1.29 is 0 Å². The average molecular weight is 301 g/mol. The van der Waals surface area contributed by atoms with Crippen LogP contribution in [0.4, 0.5) is 5.82 Å². The third-order valence-corrected chi connectivity index (χ3v) is 3.37. The largest absolute Gasteiger partial charge is 0.367 e. The lowest BCUT2D eigenvalue weighted by molar-refractivity contribution is 0.891. The molecule has 0 radical (unpaired) electrons. The third kappa shape index (κ3) is 2.85. The molecule has 2 heterocycles. The molecular formula is C16H17ClN4. The number of anilines is 1. The second kappa shape index (κ2) is 5.37. The normalized spacial score (nSPS) is 11.3. The van der Waals surface area contributed by atoms with Gasteiger partial charge < -0.3 is 10.3 Å². The first kappa shape index (κ1) is 13.9. The van der Waals surface area contributed by atoms with Gasteiger partial charge in [-0.25, -0.2) is 9.97 Å². The molecule has 0 saturated carbocycles. The summed E-state index contributed by atoms with van der Waals surface area (Å²) in [5, 5.41) is 5.07. The number of hydrogen-bond donors (Lipinski definition) is 2.